The maximum absolute atomic E-state index is 14.1. The van der Waals surface area contributed by atoms with Crippen LogP contribution in [0.15, 0.2) is 12.3 Å². The van der Waals surface area contributed by atoms with Gasteiger partial charge < -0.3 is 0 Å². The maximum atomic E-state index is 14.1. The van der Waals surface area contributed by atoms with Crippen LogP contribution in [-0.4, -0.2) is 29.9 Å². The summed E-state index contributed by atoms with van der Waals surface area (Å²) in [6, 6.07) is 2.23. The van der Waals surface area contributed by atoms with Crippen LogP contribution in [0.2, 0.25) is 0 Å². The number of pyridine rings is 2. The molecule has 4 aromatic heterocycles. The highest BCUT2D eigenvalue weighted by Crippen LogP contribution is 2.27. The number of aromatic amines is 1. The van der Waals surface area contributed by atoms with Crippen molar-refractivity contribution in [2.24, 2.45) is 7.05 Å². The first-order valence-corrected chi connectivity index (χ1v) is 12.4. The van der Waals surface area contributed by atoms with Gasteiger partial charge in [-0.05, 0) is 42.7 Å². The Balaban J connectivity index is 0.000000224. The Morgan fingerprint density at radius 1 is 0.971 bits per heavy atom. The lowest BCUT2D eigenvalue weighted by Gasteiger charge is -2.06. The van der Waals surface area contributed by atoms with Crippen molar-refractivity contribution in [3.05, 3.63) is 46.4 Å². The van der Waals surface area contributed by atoms with Crippen LogP contribution in [0.3, 0.4) is 0 Å². The largest absolute Gasteiger partial charge is 0.281 e. The van der Waals surface area contributed by atoms with Crippen molar-refractivity contribution in [3.8, 4) is 0 Å². The van der Waals surface area contributed by atoms with Gasteiger partial charge in [-0.15, -0.1) is 0 Å². The summed E-state index contributed by atoms with van der Waals surface area (Å²) in [7, 11) is 1.97. The van der Waals surface area contributed by atoms with E-state index in [2.05, 4.69) is 54.0 Å². The zero-order valence-electron chi connectivity index (χ0n) is 22.7. The number of nitrogens with one attached hydrogen (secondary N) is 1. The van der Waals surface area contributed by atoms with Gasteiger partial charge in [0.25, 0.3) is 0 Å². The second-order valence-electron chi connectivity index (χ2n) is 9.31. The predicted octanol–water partition coefficient (Wildman–Crippen LogP) is 7.33. The van der Waals surface area contributed by atoms with Crippen molar-refractivity contribution >= 4 is 21.9 Å². The van der Waals surface area contributed by atoms with Crippen molar-refractivity contribution in [2.75, 3.05) is 0 Å². The van der Waals surface area contributed by atoms with Crippen LogP contribution in [0.5, 0.6) is 0 Å². The van der Waals surface area contributed by atoms with Gasteiger partial charge >= 0.3 is 0 Å². The van der Waals surface area contributed by atoms with Gasteiger partial charge in [-0.3, -0.25) is 14.8 Å². The van der Waals surface area contributed by atoms with Gasteiger partial charge in [0.1, 0.15) is 5.52 Å². The molecule has 0 spiro atoms. The number of halogens is 1. The monoisotopic (exact) mass is 468 g/mol. The lowest BCUT2D eigenvalue weighted by Crippen LogP contribution is -1.98. The van der Waals surface area contributed by atoms with E-state index in [-0.39, 0.29) is 17.7 Å². The molecule has 0 aliphatic heterocycles. The quantitative estimate of drug-likeness (QED) is 0.340. The van der Waals surface area contributed by atoms with E-state index in [9.17, 15) is 4.39 Å². The van der Waals surface area contributed by atoms with Gasteiger partial charge in [-0.2, -0.15) is 10.2 Å². The molecule has 0 aromatic carbocycles. The zero-order valence-corrected chi connectivity index (χ0v) is 22.7. The molecule has 0 unspecified atom stereocenters. The summed E-state index contributed by atoms with van der Waals surface area (Å²) in [4.78, 5) is 8.88. The summed E-state index contributed by atoms with van der Waals surface area (Å²) in [6.07, 6.45) is 2.69. The van der Waals surface area contributed by atoms with Crippen molar-refractivity contribution in [1.82, 2.24) is 29.9 Å². The van der Waals surface area contributed by atoms with Gasteiger partial charge in [-0.1, -0.05) is 62.3 Å². The molecule has 186 valence electrons. The molecule has 4 aromatic rings. The van der Waals surface area contributed by atoms with Gasteiger partial charge in [-0.25, -0.2) is 9.37 Å². The molecule has 0 amide bonds. The van der Waals surface area contributed by atoms with Crippen LogP contribution < -0.4 is 0 Å². The SMILES string of the molecule is CC.CC(C)c1ncc2c(C(C)C)[nH]nc2c1F.CCc1nc2c(cc1C)c(C(C)C)nn2C. The maximum Gasteiger partial charge on any atom is 0.173 e. The first kappa shape index (κ1) is 27.4. The van der Waals surface area contributed by atoms with Crippen LogP contribution in [0.1, 0.15) is 108 Å². The molecule has 0 bridgehead atoms. The Labute approximate surface area is 203 Å². The van der Waals surface area contributed by atoms with E-state index in [0.29, 0.717) is 17.1 Å². The first-order chi connectivity index (χ1) is 16.1. The number of rotatable bonds is 4. The Morgan fingerprint density at radius 3 is 2.12 bits per heavy atom. The third-order valence-electron chi connectivity index (χ3n) is 5.74. The molecule has 0 fully saturated rings. The van der Waals surface area contributed by atoms with Crippen LogP contribution >= 0.6 is 0 Å². The molecule has 7 heteroatoms. The van der Waals surface area contributed by atoms with Gasteiger partial charge in [0.05, 0.1) is 11.4 Å². The first-order valence-electron chi connectivity index (χ1n) is 12.4. The molecule has 0 atom stereocenters. The van der Waals surface area contributed by atoms with Crippen molar-refractivity contribution < 1.29 is 4.39 Å². The van der Waals surface area contributed by atoms with Crippen LogP contribution in [0.25, 0.3) is 21.9 Å². The molecule has 6 nitrogen and oxygen atoms in total. The van der Waals surface area contributed by atoms with E-state index in [1.54, 1.807) is 6.20 Å². The smallest absolute Gasteiger partial charge is 0.173 e. The number of aryl methyl sites for hydroxylation is 3. The highest BCUT2D eigenvalue weighted by Gasteiger charge is 2.18. The minimum atomic E-state index is -0.296. The predicted molar refractivity (Wildman–Crippen MR) is 140 cm³/mol. The van der Waals surface area contributed by atoms with Crippen molar-refractivity contribution in [2.45, 2.75) is 93.4 Å². The fourth-order valence-electron chi connectivity index (χ4n) is 3.94. The summed E-state index contributed by atoms with van der Waals surface area (Å²) < 4.78 is 15.9. The summed E-state index contributed by atoms with van der Waals surface area (Å²) in [5.41, 5.74) is 6.42. The van der Waals surface area contributed by atoms with E-state index in [1.807, 2.05) is 53.3 Å². The van der Waals surface area contributed by atoms with E-state index >= 15 is 0 Å². The third-order valence-corrected chi connectivity index (χ3v) is 5.74. The highest BCUT2D eigenvalue weighted by atomic mass is 19.1. The number of H-pyrrole nitrogens is 1. The Morgan fingerprint density at radius 2 is 1.59 bits per heavy atom. The topological polar surface area (TPSA) is 72.3 Å². The second-order valence-corrected chi connectivity index (χ2v) is 9.31. The van der Waals surface area contributed by atoms with E-state index in [0.717, 1.165) is 28.8 Å². The molecule has 0 radical (unpaired) electrons. The molecular formula is C27H41FN6. The molecule has 0 saturated carbocycles. The van der Waals surface area contributed by atoms with Gasteiger partial charge in [0.2, 0.25) is 0 Å². The Hall–Kier alpha value is -2.83. The molecule has 34 heavy (non-hydrogen) atoms. The summed E-state index contributed by atoms with van der Waals surface area (Å²) in [6.45, 7) is 20.5. The van der Waals surface area contributed by atoms with E-state index in [1.165, 1.54) is 16.6 Å². The summed E-state index contributed by atoms with van der Waals surface area (Å²) >= 11 is 0. The van der Waals surface area contributed by atoms with E-state index in [4.69, 9.17) is 4.98 Å². The third kappa shape index (κ3) is 5.45. The minimum absolute atomic E-state index is 0.0728. The van der Waals surface area contributed by atoms with Gasteiger partial charge in [0, 0.05) is 35.4 Å². The van der Waals surface area contributed by atoms with Crippen LogP contribution in [0.4, 0.5) is 4.39 Å². The van der Waals surface area contributed by atoms with Crippen molar-refractivity contribution in [1.29, 1.82) is 0 Å². The number of hydrogen-bond acceptors (Lipinski definition) is 4. The normalized spacial score (nSPS) is 11.3. The number of fused-ring (bicyclic) bond motifs is 2. The number of nitrogens with zero attached hydrogens (tertiary/aromatic N) is 5. The van der Waals surface area contributed by atoms with Gasteiger partial charge in [0.15, 0.2) is 11.5 Å². The number of aromatic nitrogens is 6. The fourth-order valence-corrected chi connectivity index (χ4v) is 3.94. The highest BCUT2D eigenvalue weighted by molar-refractivity contribution is 5.82. The summed E-state index contributed by atoms with van der Waals surface area (Å²) in [5, 5.41) is 13.5. The lowest BCUT2D eigenvalue weighted by atomic mass is 10.0. The lowest BCUT2D eigenvalue weighted by molar-refractivity contribution is 0.593. The van der Waals surface area contributed by atoms with Crippen LogP contribution in [-0.2, 0) is 13.5 Å². The molecule has 0 aliphatic rings. The fraction of sp³-hybridized carbons (Fsp3) is 0.556. The average Bonchev–Trinajstić information content (AvgIpc) is 3.37. The average molecular weight is 469 g/mol. The van der Waals surface area contributed by atoms with E-state index < -0.39 is 0 Å². The van der Waals surface area contributed by atoms with Crippen LogP contribution in [0, 0.1) is 12.7 Å². The number of hydrogen-bond donors (Lipinski definition) is 1. The molecule has 1 N–H and O–H groups in total. The standard InChI is InChI=1S/C13H19N3.C12H16FN3.C2H6/c1-6-11-9(4)7-10-12(8(2)3)15-16(5)13(10)14-11;1-6(2)10-8-5-14-11(7(3)4)9(13)12(8)16-15-10;1-2/h7-8H,6H2,1-5H3;5-7H,1-4H3,(H,15,16);1-2H3. The molecule has 4 heterocycles. The molecule has 4 rings (SSSR count). The molecule has 0 aliphatic carbocycles. The second kappa shape index (κ2) is 11.5. The molecular weight excluding hydrogens is 427 g/mol. The Bertz CT molecular complexity index is 1230. The summed E-state index contributed by atoms with van der Waals surface area (Å²) in [5.74, 6) is 0.507. The molecule has 0 saturated heterocycles. The Kier molecular flexibility index (Phi) is 9.30. The minimum Gasteiger partial charge on any atom is -0.281 e. The zero-order chi connectivity index (χ0) is 25.7. The van der Waals surface area contributed by atoms with Crippen molar-refractivity contribution in [3.63, 3.8) is 0 Å².